The number of aryl methyl sites for hydroxylation is 1. The van der Waals surface area contributed by atoms with Crippen LogP contribution in [0.25, 0.3) is 0 Å². The van der Waals surface area contributed by atoms with Crippen LogP contribution in [0.3, 0.4) is 0 Å². The van der Waals surface area contributed by atoms with Crippen molar-refractivity contribution in [1.82, 2.24) is 20.1 Å². The average Bonchev–Trinajstić information content (AvgIpc) is 3.10. The Balaban J connectivity index is 0.00000280. The van der Waals surface area contributed by atoms with Gasteiger partial charge < -0.3 is 15.0 Å². The highest BCUT2D eigenvalue weighted by molar-refractivity contribution is 14.0. The van der Waals surface area contributed by atoms with Gasteiger partial charge in [0.15, 0.2) is 5.96 Å². The number of aliphatic imine (C=N–C) groups is 1. The largest absolute Gasteiger partial charge is 0.378 e. The minimum absolute atomic E-state index is 0. The Morgan fingerprint density at radius 2 is 1.96 bits per heavy atom. The molecule has 2 saturated heterocycles. The number of aromatic nitrogens is 1. The van der Waals surface area contributed by atoms with Crippen LogP contribution in [0.1, 0.15) is 43.3 Å². The summed E-state index contributed by atoms with van der Waals surface area (Å²) in [6.45, 7) is 11.4. The maximum Gasteiger partial charge on any atom is 0.193 e. The van der Waals surface area contributed by atoms with Crippen LogP contribution in [-0.4, -0.2) is 73.2 Å². The molecule has 0 aromatic carbocycles. The molecule has 0 saturated carbocycles. The van der Waals surface area contributed by atoms with Crippen LogP contribution in [0.15, 0.2) is 10.4 Å². The first-order chi connectivity index (χ1) is 13.2. The Kier molecular flexibility index (Phi) is 10.5. The molecule has 2 aliphatic heterocycles. The van der Waals surface area contributed by atoms with Crippen LogP contribution >= 0.6 is 35.3 Å². The molecule has 160 valence electrons. The lowest BCUT2D eigenvalue weighted by molar-refractivity contribution is 0.0263. The maximum atomic E-state index is 5.76. The summed E-state index contributed by atoms with van der Waals surface area (Å²) in [5, 5.41) is 6.99. The molecule has 6 nitrogen and oxygen atoms in total. The van der Waals surface area contributed by atoms with Crippen molar-refractivity contribution in [2.24, 2.45) is 10.9 Å². The highest BCUT2D eigenvalue weighted by Crippen LogP contribution is 2.20. The lowest BCUT2D eigenvalue weighted by Gasteiger charge is -2.35. The SMILES string of the molecule is CCOC1CCN(C(=NC)NCC2CCN(Cc3csc(C)n3)CC2)CC1.I. The summed E-state index contributed by atoms with van der Waals surface area (Å²) in [5.74, 6) is 1.79. The zero-order valence-electron chi connectivity index (χ0n) is 17.5. The number of thiazole rings is 1. The van der Waals surface area contributed by atoms with Crippen molar-refractivity contribution in [3.05, 3.63) is 16.1 Å². The van der Waals surface area contributed by atoms with E-state index in [2.05, 4.69) is 44.3 Å². The number of ether oxygens (including phenoxy) is 1. The standard InChI is InChI=1S/C20H35N5OS.HI/c1-4-26-19-7-11-25(12-8-19)20(21-3)22-13-17-5-9-24(10-6-17)14-18-15-27-16(2)23-18;/h15,17,19H,4-14H2,1-3H3,(H,21,22);1H. The smallest absolute Gasteiger partial charge is 0.193 e. The molecule has 0 atom stereocenters. The Hall–Kier alpha value is -0.450. The first-order valence-electron chi connectivity index (χ1n) is 10.4. The Labute approximate surface area is 191 Å². The van der Waals surface area contributed by atoms with Gasteiger partial charge in [-0.25, -0.2) is 4.98 Å². The summed E-state index contributed by atoms with van der Waals surface area (Å²) >= 11 is 1.75. The van der Waals surface area contributed by atoms with Gasteiger partial charge in [0.2, 0.25) is 0 Å². The summed E-state index contributed by atoms with van der Waals surface area (Å²) in [6, 6.07) is 0. The van der Waals surface area contributed by atoms with Gasteiger partial charge >= 0.3 is 0 Å². The van der Waals surface area contributed by atoms with Crippen LogP contribution in [-0.2, 0) is 11.3 Å². The minimum Gasteiger partial charge on any atom is -0.378 e. The fourth-order valence-electron chi connectivity index (χ4n) is 4.10. The number of guanidine groups is 1. The zero-order valence-corrected chi connectivity index (χ0v) is 20.7. The van der Waals surface area contributed by atoms with Crippen molar-refractivity contribution in [2.45, 2.75) is 52.2 Å². The van der Waals surface area contributed by atoms with E-state index in [9.17, 15) is 0 Å². The van der Waals surface area contributed by atoms with E-state index in [-0.39, 0.29) is 24.0 Å². The molecule has 1 aromatic rings. The number of likely N-dealkylation sites (tertiary alicyclic amines) is 2. The lowest BCUT2D eigenvalue weighted by atomic mass is 9.96. The highest BCUT2D eigenvalue weighted by atomic mass is 127. The predicted molar refractivity (Wildman–Crippen MR) is 128 cm³/mol. The second-order valence-electron chi connectivity index (χ2n) is 7.65. The third-order valence-corrected chi connectivity index (χ3v) is 6.49. The quantitative estimate of drug-likeness (QED) is 0.354. The number of halogens is 1. The van der Waals surface area contributed by atoms with Gasteiger partial charge in [-0.2, -0.15) is 0 Å². The average molecular weight is 522 g/mol. The van der Waals surface area contributed by atoms with E-state index in [0.717, 1.165) is 57.5 Å². The van der Waals surface area contributed by atoms with Crippen LogP contribution in [0, 0.1) is 12.8 Å². The molecule has 28 heavy (non-hydrogen) atoms. The van der Waals surface area contributed by atoms with E-state index in [4.69, 9.17) is 4.74 Å². The normalized spacial score (nSPS) is 20.2. The van der Waals surface area contributed by atoms with Gasteiger partial charge in [0, 0.05) is 45.2 Å². The third-order valence-electron chi connectivity index (χ3n) is 5.66. The maximum absolute atomic E-state index is 5.76. The third kappa shape index (κ3) is 7.11. The number of piperidine rings is 2. The summed E-state index contributed by atoms with van der Waals surface area (Å²) < 4.78 is 5.76. The second kappa shape index (κ2) is 12.3. The molecule has 3 heterocycles. The van der Waals surface area contributed by atoms with Gasteiger partial charge in [0.1, 0.15) is 0 Å². The summed E-state index contributed by atoms with van der Waals surface area (Å²) in [5.41, 5.74) is 1.23. The summed E-state index contributed by atoms with van der Waals surface area (Å²) in [6.07, 6.45) is 5.13. The van der Waals surface area contributed by atoms with Crippen molar-refractivity contribution in [2.75, 3.05) is 46.4 Å². The van der Waals surface area contributed by atoms with E-state index < -0.39 is 0 Å². The molecule has 0 aliphatic carbocycles. The van der Waals surface area contributed by atoms with Crippen LogP contribution < -0.4 is 5.32 Å². The highest BCUT2D eigenvalue weighted by Gasteiger charge is 2.23. The van der Waals surface area contributed by atoms with Gasteiger partial charge in [0.05, 0.1) is 16.8 Å². The summed E-state index contributed by atoms with van der Waals surface area (Å²) in [4.78, 5) is 14.0. The van der Waals surface area contributed by atoms with Gasteiger partial charge in [-0.3, -0.25) is 9.89 Å². The fraction of sp³-hybridized carbons (Fsp3) is 0.800. The van der Waals surface area contributed by atoms with E-state index in [0.29, 0.717) is 6.10 Å². The molecule has 2 aliphatic rings. The molecule has 0 bridgehead atoms. The Morgan fingerprint density at radius 1 is 1.25 bits per heavy atom. The topological polar surface area (TPSA) is 53.0 Å². The molecular formula is C20H36IN5OS. The van der Waals surface area contributed by atoms with Crippen LogP contribution in [0.5, 0.6) is 0 Å². The van der Waals surface area contributed by atoms with Crippen molar-refractivity contribution in [3.63, 3.8) is 0 Å². The van der Waals surface area contributed by atoms with Crippen molar-refractivity contribution in [1.29, 1.82) is 0 Å². The van der Waals surface area contributed by atoms with Crippen LogP contribution in [0.4, 0.5) is 0 Å². The van der Waals surface area contributed by atoms with Crippen molar-refractivity contribution < 1.29 is 4.74 Å². The number of hydrogen-bond acceptors (Lipinski definition) is 5. The monoisotopic (exact) mass is 521 g/mol. The Morgan fingerprint density at radius 3 is 2.54 bits per heavy atom. The first kappa shape index (κ1) is 23.8. The van der Waals surface area contributed by atoms with E-state index in [1.54, 1.807) is 11.3 Å². The molecule has 0 radical (unpaired) electrons. The fourth-order valence-corrected chi connectivity index (χ4v) is 4.70. The molecule has 0 amide bonds. The molecule has 0 spiro atoms. The lowest BCUT2D eigenvalue weighted by Crippen LogP contribution is -2.48. The zero-order chi connectivity index (χ0) is 19.1. The van der Waals surface area contributed by atoms with Gasteiger partial charge in [-0.05, 0) is 58.5 Å². The molecular weight excluding hydrogens is 485 g/mol. The van der Waals surface area contributed by atoms with Gasteiger partial charge in [-0.1, -0.05) is 0 Å². The number of nitrogens with zero attached hydrogens (tertiary/aromatic N) is 4. The van der Waals surface area contributed by atoms with Crippen LogP contribution in [0.2, 0.25) is 0 Å². The first-order valence-corrected chi connectivity index (χ1v) is 11.3. The molecule has 2 fully saturated rings. The number of hydrogen-bond donors (Lipinski definition) is 1. The number of rotatable bonds is 6. The molecule has 8 heteroatoms. The van der Waals surface area contributed by atoms with Crippen molar-refractivity contribution in [3.8, 4) is 0 Å². The Bertz CT molecular complexity index is 595. The van der Waals surface area contributed by atoms with E-state index in [1.807, 2.05) is 7.05 Å². The van der Waals surface area contributed by atoms with Gasteiger partial charge in [0.25, 0.3) is 0 Å². The molecule has 0 unspecified atom stereocenters. The number of nitrogens with one attached hydrogen (secondary N) is 1. The molecule has 1 N–H and O–H groups in total. The minimum atomic E-state index is 0. The summed E-state index contributed by atoms with van der Waals surface area (Å²) in [7, 11) is 1.90. The second-order valence-corrected chi connectivity index (χ2v) is 8.71. The van der Waals surface area contributed by atoms with E-state index in [1.165, 1.54) is 36.6 Å². The van der Waals surface area contributed by atoms with Gasteiger partial charge in [-0.15, -0.1) is 35.3 Å². The predicted octanol–water partition coefficient (Wildman–Crippen LogP) is 3.36. The van der Waals surface area contributed by atoms with Crippen molar-refractivity contribution >= 4 is 41.3 Å². The molecule has 1 aromatic heterocycles. The van der Waals surface area contributed by atoms with E-state index >= 15 is 0 Å². The molecule has 3 rings (SSSR count).